The highest BCUT2D eigenvalue weighted by Gasteiger charge is 2.54. The summed E-state index contributed by atoms with van der Waals surface area (Å²) in [5.74, 6) is 3.52. The van der Waals surface area contributed by atoms with Gasteiger partial charge in [0.25, 0.3) is 0 Å². The molecule has 0 aliphatic heterocycles. The molecule has 2 heteroatoms. The van der Waals surface area contributed by atoms with Crippen molar-refractivity contribution in [3.63, 3.8) is 0 Å². The lowest BCUT2D eigenvalue weighted by Gasteiger charge is -2.58. The smallest absolute Gasteiger partial charge is 0.118 e. The number of ether oxygens (including phenoxy) is 1. The number of hydrogen-bond acceptors (Lipinski definition) is 2. The van der Waals surface area contributed by atoms with E-state index in [1.807, 2.05) is 24.3 Å². The number of benzene rings is 1. The number of hydrogen-bond donors (Lipinski definition) is 1. The number of rotatable bonds is 3. The standard InChI is InChI=1S/C18H24O2/c1-20-16-4-2-15(3-5-16)17(19)18-9-12-6-13(10-18)8-14(7-12)11-18/h2-5,12-14,17,19H,6-11H2,1H3/t12?,13?,14?,17-,18?/m1/s1. The van der Waals surface area contributed by atoms with E-state index >= 15 is 0 Å². The number of aliphatic hydroxyl groups is 1. The first kappa shape index (κ1) is 12.7. The Morgan fingerprint density at radius 3 is 1.95 bits per heavy atom. The third-order valence-corrected chi connectivity index (χ3v) is 6.10. The Morgan fingerprint density at radius 2 is 1.50 bits per heavy atom. The average molecular weight is 272 g/mol. The summed E-state index contributed by atoms with van der Waals surface area (Å²) in [6, 6.07) is 8.03. The van der Waals surface area contributed by atoms with Crippen LogP contribution in [0.3, 0.4) is 0 Å². The van der Waals surface area contributed by atoms with Gasteiger partial charge in [0.15, 0.2) is 0 Å². The molecule has 0 amide bonds. The van der Waals surface area contributed by atoms with Crippen LogP contribution in [-0.2, 0) is 0 Å². The van der Waals surface area contributed by atoms with Crippen LogP contribution in [0, 0.1) is 23.2 Å². The molecule has 20 heavy (non-hydrogen) atoms. The van der Waals surface area contributed by atoms with Crippen LogP contribution in [0.25, 0.3) is 0 Å². The Bertz CT molecular complexity index is 455. The minimum Gasteiger partial charge on any atom is -0.497 e. The fourth-order valence-corrected chi connectivity index (χ4v) is 5.65. The molecule has 0 radical (unpaired) electrons. The van der Waals surface area contributed by atoms with Crippen molar-refractivity contribution in [2.75, 3.05) is 7.11 Å². The van der Waals surface area contributed by atoms with Crippen molar-refractivity contribution in [1.29, 1.82) is 0 Å². The summed E-state index contributed by atoms with van der Waals surface area (Å²) in [6.45, 7) is 0. The summed E-state index contributed by atoms with van der Waals surface area (Å²) in [4.78, 5) is 0. The van der Waals surface area contributed by atoms with E-state index in [4.69, 9.17) is 4.74 Å². The summed E-state index contributed by atoms with van der Waals surface area (Å²) in [5.41, 5.74) is 1.25. The minimum absolute atomic E-state index is 0.170. The fraction of sp³-hybridized carbons (Fsp3) is 0.667. The van der Waals surface area contributed by atoms with Gasteiger partial charge in [0.1, 0.15) is 5.75 Å². The molecular formula is C18H24O2. The zero-order chi connectivity index (χ0) is 13.7. The predicted octanol–water partition coefficient (Wildman–Crippen LogP) is 3.95. The van der Waals surface area contributed by atoms with Crippen molar-refractivity contribution in [2.24, 2.45) is 23.2 Å². The van der Waals surface area contributed by atoms with Gasteiger partial charge in [0.05, 0.1) is 13.2 Å². The molecule has 4 bridgehead atoms. The van der Waals surface area contributed by atoms with Gasteiger partial charge in [-0.1, -0.05) is 12.1 Å². The number of methoxy groups -OCH3 is 1. The van der Waals surface area contributed by atoms with E-state index in [-0.39, 0.29) is 11.5 Å². The second kappa shape index (κ2) is 4.49. The van der Waals surface area contributed by atoms with Gasteiger partial charge in [-0.25, -0.2) is 0 Å². The molecule has 0 unspecified atom stereocenters. The van der Waals surface area contributed by atoms with Crippen LogP contribution in [0.2, 0.25) is 0 Å². The Morgan fingerprint density at radius 1 is 1.00 bits per heavy atom. The second-order valence-electron chi connectivity index (χ2n) is 7.46. The highest BCUT2D eigenvalue weighted by atomic mass is 16.5. The first-order chi connectivity index (χ1) is 9.68. The van der Waals surface area contributed by atoms with E-state index in [2.05, 4.69) is 0 Å². The average Bonchev–Trinajstić information content (AvgIpc) is 2.45. The van der Waals surface area contributed by atoms with Gasteiger partial charge >= 0.3 is 0 Å². The van der Waals surface area contributed by atoms with Crippen molar-refractivity contribution in [2.45, 2.75) is 44.6 Å². The van der Waals surface area contributed by atoms with Crippen LogP contribution in [0.5, 0.6) is 5.75 Å². The van der Waals surface area contributed by atoms with Gasteiger partial charge in [-0.2, -0.15) is 0 Å². The summed E-state index contributed by atoms with van der Waals surface area (Å²) in [6.07, 6.45) is 7.71. The Kier molecular flexibility index (Phi) is 2.85. The lowest BCUT2D eigenvalue weighted by molar-refractivity contribution is -0.122. The van der Waals surface area contributed by atoms with Crippen LogP contribution in [0.15, 0.2) is 24.3 Å². The lowest BCUT2D eigenvalue weighted by atomic mass is 9.47. The monoisotopic (exact) mass is 272 g/mol. The molecule has 4 aliphatic carbocycles. The summed E-state index contributed by atoms with van der Waals surface area (Å²) >= 11 is 0. The molecule has 108 valence electrons. The molecule has 0 aromatic heterocycles. The van der Waals surface area contributed by atoms with E-state index in [9.17, 15) is 5.11 Å². The predicted molar refractivity (Wildman–Crippen MR) is 78.6 cm³/mol. The number of aliphatic hydroxyl groups excluding tert-OH is 1. The van der Waals surface area contributed by atoms with Gasteiger partial charge in [0, 0.05) is 5.41 Å². The lowest BCUT2D eigenvalue weighted by Crippen LogP contribution is -2.48. The Hall–Kier alpha value is -1.02. The molecule has 4 aliphatic rings. The SMILES string of the molecule is COc1ccc([C@@H](O)C23CC4CC(CC(C4)C2)C3)cc1. The van der Waals surface area contributed by atoms with E-state index in [1.54, 1.807) is 7.11 Å². The van der Waals surface area contributed by atoms with Gasteiger partial charge in [0.2, 0.25) is 0 Å². The highest BCUT2D eigenvalue weighted by molar-refractivity contribution is 5.30. The van der Waals surface area contributed by atoms with E-state index in [1.165, 1.54) is 38.5 Å². The maximum absolute atomic E-state index is 11.0. The van der Waals surface area contributed by atoms with Crippen molar-refractivity contribution in [1.82, 2.24) is 0 Å². The normalized spacial score (nSPS) is 39.8. The van der Waals surface area contributed by atoms with E-state index < -0.39 is 0 Å². The third kappa shape index (κ3) is 1.88. The topological polar surface area (TPSA) is 29.5 Å². The highest BCUT2D eigenvalue weighted by Crippen LogP contribution is 2.64. The van der Waals surface area contributed by atoms with Crippen LogP contribution in [0.1, 0.15) is 50.2 Å². The second-order valence-corrected chi connectivity index (χ2v) is 7.46. The maximum atomic E-state index is 11.0. The molecule has 1 aromatic carbocycles. The van der Waals surface area contributed by atoms with Crippen molar-refractivity contribution in [3.05, 3.63) is 29.8 Å². The van der Waals surface area contributed by atoms with E-state index in [0.717, 1.165) is 29.1 Å². The van der Waals surface area contributed by atoms with Crippen LogP contribution in [-0.4, -0.2) is 12.2 Å². The summed E-state index contributed by atoms with van der Waals surface area (Å²) < 4.78 is 5.22. The third-order valence-electron chi connectivity index (χ3n) is 6.10. The van der Waals surface area contributed by atoms with Crippen molar-refractivity contribution < 1.29 is 9.84 Å². The van der Waals surface area contributed by atoms with Crippen LogP contribution >= 0.6 is 0 Å². The molecule has 2 nitrogen and oxygen atoms in total. The molecule has 1 N–H and O–H groups in total. The molecule has 4 fully saturated rings. The molecule has 1 atom stereocenters. The van der Waals surface area contributed by atoms with Gasteiger partial charge in [-0.15, -0.1) is 0 Å². The largest absolute Gasteiger partial charge is 0.497 e. The zero-order valence-electron chi connectivity index (χ0n) is 12.2. The van der Waals surface area contributed by atoms with Crippen molar-refractivity contribution in [3.8, 4) is 5.75 Å². The summed E-state index contributed by atoms with van der Waals surface area (Å²) in [5, 5.41) is 11.0. The van der Waals surface area contributed by atoms with E-state index in [0.29, 0.717) is 0 Å². The van der Waals surface area contributed by atoms with Crippen LogP contribution in [0.4, 0.5) is 0 Å². The summed E-state index contributed by atoms with van der Waals surface area (Å²) in [7, 11) is 1.69. The Balaban J connectivity index is 1.62. The maximum Gasteiger partial charge on any atom is 0.118 e. The fourth-order valence-electron chi connectivity index (χ4n) is 5.65. The molecule has 5 rings (SSSR count). The van der Waals surface area contributed by atoms with Crippen LogP contribution < -0.4 is 4.74 Å². The first-order valence-electron chi connectivity index (χ1n) is 8.00. The zero-order valence-corrected chi connectivity index (χ0v) is 12.2. The minimum atomic E-state index is -0.290. The molecule has 0 spiro atoms. The van der Waals surface area contributed by atoms with Crippen molar-refractivity contribution >= 4 is 0 Å². The quantitative estimate of drug-likeness (QED) is 0.903. The first-order valence-corrected chi connectivity index (χ1v) is 8.00. The molecule has 1 aromatic rings. The molecular weight excluding hydrogens is 248 g/mol. The van der Waals surface area contributed by atoms with Gasteiger partial charge in [-0.05, 0) is 74.0 Å². The molecule has 4 saturated carbocycles. The van der Waals surface area contributed by atoms with Gasteiger partial charge in [-0.3, -0.25) is 0 Å². The van der Waals surface area contributed by atoms with Gasteiger partial charge < -0.3 is 9.84 Å². The Labute approximate surface area is 121 Å². The molecule has 0 heterocycles. The molecule has 0 saturated heterocycles.